The Morgan fingerprint density at radius 1 is 0.657 bits per heavy atom. The first-order chi connectivity index (χ1) is 31.9. The van der Waals surface area contributed by atoms with Crippen molar-refractivity contribution < 1.29 is 50.8 Å². The van der Waals surface area contributed by atoms with Gasteiger partial charge < -0.3 is 24.8 Å². The van der Waals surface area contributed by atoms with Crippen LogP contribution in [-0.4, -0.2) is 143 Å². The maximum Gasteiger partial charge on any atom is 0.414 e. The molecule has 0 saturated carbocycles. The van der Waals surface area contributed by atoms with Gasteiger partial charge in [-0.15, -0.1) is 0 Å². The van der Waals surface area contributed by atoms with Crippen LogP contribution < -0.4 is 20.4 Å². The molecule has 4 N–H and O–H groups in total. The van der Waals surface area contributed by atoms with Gasteiger partial charge in [0.15, 0.2) is 0 Å². The zero-order valence-electron chi connectivity index (χ0n) is 37.5. The molecule has 0 bridgehead atoms. The minimum atomic E-state index is -3.62. The Morgan fingerprint density at radius 3 is 1.52 bits per heavy atom. The maximum absolute atomic E-state index is 12.6. The van der Waals surface area contributed by atoms with Gasteiger partial charge in [-0.25, -0.2) is 9.59 Å². The quantitative estimate of drug-likeness (QED) is 0.0449. The molecule has 4 amide bonds. The molecule has 0 aromatic heterocycles. The summed E-state index contributed by atoms with van der Waals surface area (Å²) in [5.74, 6) is -1.03. The van der Waals surface area contributed by atoms with E-state index in [2.05, 4.69) is 24.6 Å². The van der Waals surface area contributed by atoms with E-state index in [9.17, 15) is 32.4 Å². The van der Waals surface area contributed by atoms with Crippen molar-refractivity contribution in [2.75, 3.05) is 68.5 Å². The van der Waals surface area contributed by atoms with Crippen LogP contribution in [0.3, 0.4) is 0 Å². The summed E-state index contributed by atoms with van der Waals surface area (Å²) in [7, 11) is -3.62. The summed E-state index contributed by atoms with van der Waals surface area (Å²) < 4.78 is 42.9. The maximum atomic E-state index is 12.6. The van der Waals surface area contributed by atoms with Gasteiger partial charge in [0.05, 0.1) is 25.4 Å². The highest BCUT2D eigenvalue weighted by Crippen LogP contribution is 2.25. The van der Waals surface area contributed by atoms with Crippen LogP contribution in [0.2, 0.25) is 0 Å². The number of hydrogen-bond acceptors (Lipinski definition) is 15. The largest absolute Gasteiger partial charge is 0.462 e. The van der Waals surface area contributed by atoms with Crippen LogP contribution >= 0.6 is 0 Å². The number of nitrogens with zero attached hydrogens (tertiary/aromatic N) is 4. The minimum Gasteiger partial charge on any atom is -0.462 e. The molecule has 19 nitrogen and oxygen atoms in total. The van der Waals surface area contributed by atoms with Crippen LogP contribution in [0.25, 0.3) is 0 Å². The van der Waals surface area contributed by atoms with E-state index in [1.165, 1.54) is 4.90 Å². The second kappa shape index (κ2) is 22.5. The topological polar surface area (TPSA) is 241 Å². The lowest BCUT2D eigenvalue weighted by molar-refractivity contribution is -0.154. The molecule has 0 radical (unpaired) electrons. The van der Waals surface area contributed by atoms with Crippen molar-refractivity contribution in [3.05, 3.63) is 131 Å². The van der Waals surface area contributed by atoms with Gasteiger partial charge in [-0.2, -0.15) is 8.42 Å². The van der Waals surface area contributed by atoms with Crippen LogP contribution in [-0.2, 0) is 33.3 Å². The summed E-state index contributed by atoms with van der Waals surface area (Å²) in [5, 5.41) is 21.4. The average molecular weight is 939 g/mol. The van der Waals surface area contributed by atoms with Crippen molar-refractivity contribution in [2.45, 2.75) is 45.1 Å². The lowest BCUT2D eigenvalue weighted by atomic mass is 10.1. The highest BCUT2D eigenvalue weighted by atomic mass is 32.2. The summed E-state index contributed by atoms with van der Waals surface area (Å²) in [5.41, 5.74) is 3.10. The Hall–Kier alpha value is -7.00. The first-order valence-electron chi connectivity index (χ1n) is 21.5. The molecule has 67 heavy (non-hydrogen) atoms. The van der Waals surface area contributed by atoms with E-state index in [1.54, 1.807) is 108 Å². The van der Waals surface area contributed by atoms with Gasteiger partial charge >= 0.3 is 18.2 Å². The smallest absolute Gasteiger partial charge is 0.414 e. The van der Waals surface area contributed by atoms with Crippen molar-refractivity contribution in [3.63, 3.8) is 0 Å². The van der Waals surface area contributed by atoms with E-state index in [0.29, 0.717) is 46.7 Å². The third-order valence-corrected chi connectivity index (χ3v) is 11.4. The Morgan fingerprint density at radius 2 is 1.09 bits per heavy atom. The molecule has 3 heterocycles. The van der Waals surface area contributed by atoms with Crippen molar-refractivity contribution >= 4 is 63.1 Å². The van der Waals surface area contributed by atoms with Crippen molar-refractivity contribution in [2.24, 2.45) is 0 Å². The molecule has 3 saturated heterocycles. The fourth-order valence-corrected chi connectivity index (χ4v) is 7.66. The van der Waals surface area contributed by atoms with Gasteiger partial charge in [0.2, 0.25) is 0 Å². The highest BCUT2D eigenvalue weighted by molar-refractivity contribution is 7.86. The van der Waals surface area contributed by atoms with Crippen molar-refractivity contribution in [1.29, 1.82) is 10.8 Å². The van der Waals surface area contributed by atoms with Crippen molar-refractivity contribution in [3.8, 4) is 0 Å². The van der Waals surface area contributed by atoms with Gasteiger partial charge in [-0.3, -0.25) is 49.0 Å². The third-order valence-electron chi connectivity index (χ3n) is 10.8. The van der Waals surface area contributed by atoms with E-state index >= 15 is 0 Å². The Bertz CT molecular complexity index is 2520. The molecule has 354 valence electrons. The number of piperazine rings is 1. The summed E-state index contributed by atoms with van der Waals surface area (Å²) >= 11 is 0. The van der Waals surface area contributed by atoms with E-state index in [1.807, 2.05) is 26.8 Å². The SMILES string of the molecule is CC(C)OC(=O)C(C)N1CCN(CC2CN(c3ccc(C(=N)NC(=O)c4ccccc4)cc3)C(=O)O2)CC1.CS(=O)(=O)OCC1CN(c2ccc(C(=N)NC(=O)c3ccccc3)cc2)C(=O)O1. The molecule has 3 fully saturated rings. The van der Waals surface area contributed by atoms with Gasteiger partial charge in [-0.1, -0.05) is 36.4 Å². The molecule has 3 unspecified atom stereocenters. The van der Waals surface area contributed by atoms with Gasteiger partial charge in [0.1, 0.15) is 36.5 Å². The Balaban J connectivity index is 0.000000229. The van der Waals surface area contributed by atoms with E-state index < -0.39 is 34.3 Å². The number of hydrogen-bond donors (Lipinski definition) is 4. The fraction of sp³-hybridized carbons (Fsp3) is 0.340. The predicted molar refractivity (Wildman–Crippen MR) is 249 cm³/mol. The highest BCUT2D eigenvalue weighted by Gasteiger charge is 2.36. The molecule has 0 aliphatic carbocycles. The van der Waals surface area contributed by atoms with Gasteiger partial charge in [0.25, 0.3) is 21.9 Å². The number of amides is 4. The molecule has 4 aromatic carbocycles. The number of anilines is 2. The van der Waals surface area contributed by atoms with E-state index in [0.717, 1.165) is 32.4 Å². The normalized spacial score (nSPS) is 18.0. The van der Waals surface area contributed by atoms with Crippen LogP contribution in [0.5, 0.6) is 0 Å². The van der Waals surface area contributed by atoms with Crippen LogP contribution in [0, 0.1) is 10.8 Å². The molecule has 7 rings (SSSR count). The summed E-state index contributed by atoms with van der Waals surface area (Å²) in [6, 6.07) is 30.3. The number of benzene rings is 4. The number of rotatable bonds is 14. The first-order valence-corrected chi connectivity index (χ1v) is 23.3. The summed E-state index contributed by atoms with van der Waals surface area (Å²) in [4.78, 5) is 68.6. The monoisotopic (exact) mass is 938 g/mol. The fourth-order valence-electron chi connectivity index (χ4n) is 7.26. The zero-order valence-corrected chi connectivity index (χ0v) is 38.4. The molecule has 3 aliphatic heterocycles. The lowest BCUT2D eigenvalue weighted by Gasteiger charge is -2.37. The summed E-state index contributed by atoms with van der Waals surface area (Å²) in [6.45, 7) is 9.54. The van der Waals surface area contributed by atoms with Gasteiger partial charge in [-0.05, 0) is 93.6 Å². The summed E-state index contributed by atoms with van der Waals surface area (Å²) in [6.07, 6.45) is -1.20. The number of nitrogens with one attached hydrogen (secondary N) is 4. The number of amidine groups is 2. The van der Waals surface area contributed by atoms with Crippen LogP contribution in [0.1, 0.15) is 52.6 Å². The molecule has 3 atom stereocenters. The molecule has 3 aliphatic rings. The predicted octanol–water partition coefficient (Wildman–Crippen LogP) is 4.47. The van der Waals surface area contributed by atoms with Gasteiger partial charge in [0, 0.05) is 66.4 Å². The molecular formula is C47H54N8O11S. The number of esters is 1. The molecule has 0 spiro atoms. The third kappa shape index (κ3) is 14.0. The van der Waals surface area contributed by atoms with E-state index in [4.69, 9.17) is 25.0 Å². The average Bonchev–Trinajstić information content (AvgIpc) is 3.89. The van der Waals surface area contributed by atoms with Crippen LogP contribution in [0.4, 0.5) is 21.0 Å². The number of cyclic esters (lactones) is 2. The Kier molecular flexibility index (Phi) is 16.6. The number of carbonyl (C=O) groups is 5. The molecule has 4 aromatic rings. The van der Waals surface area contributed by atoms with Crippen molar-refractivity contribution in [1.82, 2.24) is 20.4 Å². The number of carbonyl (C=O) groups excluding carboxylic acids is 5. The zero-order chi connectivity index (χ0) is 48.3. The minimum absolute atomic E-state index is 0.0155. The second-order valence-corrected chi connectivity index (χ2v) is 17.8. The standard InChI is InChI=1S/C28H35N5O5.C19H19N3O6S/c1-19(2)37-27(35)20(3)32-15-13-31(14-16-32)17-24-18-33(28(36)38-24)23-11-9-21(10-12-23)25(29)30-26(34)22-7-5-4-6-8-22;1-29(25,26)27-12-16-11-22(19(24)28-16)15-9-7-13(8-10-15)17(20)21-18(23)14-5-3-2-4-6-14/h4-12,19-20,24H,13-18H2,1-3H3,(H2,29,30,34);2-10,16H,11-12H2,1H3,(H2,20,21,23). The first kappa shape index (κ1) is 49.4. The second-order valence-electron chi connectivity index (χ2n) is 16.2. The molecular weight excluding hydrogens is 885 g/mol. The van der Waals surface area contributed by atoms with E-state index in [-0.39, 0.29) is 54.9 Å². The molecule has 20 heteroatoms. The lowest BCUT2D eigenvalue weighted by Crippen LogP contribution is -2.53. The van der Waals surface area contributed by atoms with Crippen LogP contribution in [0.15, 0.2) is 109 Å². The Labute approximate surface area is 389 Å². The number of ether oxygens (including phenoxy) is 3.